The maximum atomic E-state index is 13.2. The molecule has 2 saturated heterocycles. The fourth-order valence-electron chi connectivity index (χ4n) is 4.31. The Morgan fingerprint density at radius 1 is 1.06 bits per heavy atom. The molecule has 8 heteroatoms. The molecular formula is C23H26N4O4. The van der Waals surface area contributed by atoms with Crippen LogP contribution in [0.5, 0.6) is 0 Å². The molecule has 5 rings (SSSR count). The molecule has 8 nitrogen and oxygen atoms in total. The Kier molecular flexibility index (Phi) is 5.57. The number of carbonyl (C=O) groups excluding carboxylic acids is 1. The van der Waals surface area contributed by atoms with Crippen LogP contribution < -0.4 is 10.9 Å². The van der Waals surface area contributed by atoms with Crippen molar-refractivity contribution in [2.45, 2.75) is 44.4 Å². The molecule has 1 amide bonds. The largest absolute Gasteiger partial charge is 0.376 e. The first-order valence-electron chi connectivity index (χ1n) is 10.9. The Balaban J connectivity index is 1.52. The van der Waals surface area contributed by atoms with E-state index in [0.717, 1.165) is 38.9 Å². The molecule has 0 radical (unpaired) electrons. The third-order valence-corrected chi connectivity index (χ3v) is 5.92. The van der Waals surface area contributed by atoms with Crippen molar-refractivity contribution >= 4 is 5.91 Å². The van der Waals surface area contributed by atoms with Crippen molar-refractivity contribution in [2.24, 2.45) is 0 Å². The van der Waals surface area contributed by atoms with Gasteiger partial charge in [0.1, 0.15) is 5.69 Å². The van der Waals surface area contributed by atoms with Crippen LogP contribution in [0, 0.1) is 0 Å². The first-order valence-corrected chi connectivity index (χ1v) is 10.9. The minimum atomic E-state index is -0.250. The summed E-state index contributed by atoms with van der Waals surface area (Å²) in [5, 5.41) is 7.49. The van der Waals surface area contributed by atoms with Crippen molar-refractivity contribution < 1.29 is 14.3 Å². The van der Waals surface area contributed by atoms with Gasteiger partial charge in [0.15, 0.2) is 0 Å². The van der Waals surface area contributed by atoms with E-state index in [0.29, 0.717) is 35.6 Å². The van der Waals surface area contributed by atoms with Crippen molar-refractivity contribution in [3.63, 3.8) is 0 Å². The molecule has 4 heterocycles. The average Bonchev–Trinajstić information content (AvgIpc) is 3.55. The van der Waals surface area contributed by atoms with Crippen molar-refractivity contribution in [1.82, 2.24) is 19.7 Å². The van der Waals surface area contributed by atoms with Gasteiger partial charge in [-0.15, -0.1) is 0 Å². The van der Waals surface area contributed by atoms with E-state index in [1.807, 2.05) is 34.9 Å². The number of aromatic nitrogens is 3. The van der Waals surface area contributed by atoms with Crippen molar-refractivity contribution in [3.8, 4) is 16.9 Å². The van der Waals surface area contributed by atoms with E-state index in [1.165, 1.54) is 4.68 Å². The Morgan fingerprint density at radius 2 is 1.81 bits per heavy atom. The molecule has 1 aromatic carbocycles. The number of hydrogen-bond donors (Lipinski definition) is 1. The Hall–Kier alpha value is -2.97. The van der Waals surface area contributed by atoms with E-state index >= 15 is 0 Å². The molecule has 2 atom stereocenters. The van der Waals surface area contributed by atoms with E-state index in [4.69, 9.17) is 9.47 Å². The van der Waals surface area contributed by atoms with E-state index in [1.54, 1.807) is 12.4 Å². The second-order valence-corrected chi connectivity index (χ2v) is 8.16. The quantitative estimate of drug-likeness (QED) is 0.658. The fraction of sp³-hybridized carbons (Fsp3) is 0.435. The number of benzene rings is 1. The molecule has 1 N–H and O–H groups in total. The Labute approximate surface area is 180 Å². The summed E-state index contributed by atoms with van der Waals surface area (Å²) in [5.41, 5.74) is 1.64. The number of ether oxygens (including phenoxy) is 2. The lowest BCUT2D eigenvalue weighted by atomic mass is 10.1. The maximum Gasteiger partial charge on any atom is 0.282 e. The molecule has 1 aromatic rings. The molecule has 0 aromatic heterocycles. The van der Waals surface area contributed by atoms with Crippen LogP contribution >= 0.6 is 0 Å². The summed E-state index contributed by atoms with van der Waals surface area (Å²) in [4.78, 5) is 26.3. The summed E-state index contributed by atoms with van der Waals surface area (Å²) in [6, 6.07) is 9.24. The van der Waals surface area contributed by atoms with Crippen LogP contribution in [0.2, 0.25) is 0 Å². The Morgan fingerprint density at radius 3 is 2.52 bits per heavy atom. The molecule has 162 valence electrons. The summed E-state index contributed by atoms with van der Waals surface area (Å²) >= 11 is 0. The first-order chi connectivity index (χ1) is 15.2. The van der Waals surface area contributed by atoms with Crippen molar-refractivity contribution in [1.29, 1.82) is 0 Å². The number of para-hydroxylation sites is 1. The zero-order chi connectivity index (χ0) is 21.2. The monoisotopic (exact) mass is 422 g/mol. The van der Waals surface area contributed by atoms with Crippen LogP contribution in [-0.2, 0) is 16.0 Å². The molecule has 0 unspecified atom stereocenters. The lowest BCUT2D eigenvalue weighted by Crippen LogP contribution is -2.32. The highest BCUT2D eigenvalue weighted by Crippen LogP contribution is 2.24. The first kappa shape index (κ1) is 20.0. The van der Waals surface area contributed by atoms with Gasteiger partial charge in [0.05, 0.1) is 29.0 Å². The second-order valence-electron chi connectivity index (χ2n) is 8.16. The molecule has 31 heavy (non-hydrogen) atoms. The van der Waals surface area contributed by atoms with Crippen LogP contribution in [0.4, 0.5) is 0 Å². The van der Waals surface area contributed by atoms with Crippen molar-refractivity contribution in [2.75, 3.05) is 19.8 Å². The van der Waals surface area contributed by atoms with E-state index in [2.05, 4.69) is 10.4 Å². The van der Waals surface area contributed by atoms with Gasteiger partial charge < -0.3 is 19.4 Å². The smallest absolute Gasteiger partial charge is 0.282 e. The summed E-state index contributed by atoms with van der Waals surface area (Å²) < 4.78 is 14.6. The minimum Gasteiger partial charge on any atom is -0.376 e. The highest BCUT2D eigenvalue weighted by atomic mass is 16.5. The van der Waals surface area contributed by atoms with Gasteiger partial charge in [-0.05, 0) is 37.8 Å². The van der Waals surface area contributed by atoms with Gasteiger partial charge in [0.25, 0.3) is 11.5 Å². The third kappa shape index (κ3) is 4.13. The number of fused-ring (bicyclic) bond motifs is 1. The van der Waals surface area contributed by atoms with Gasteiger partial charge in [-0.3, -0.25) is 9.59 Å². The molecule has 4 aliphatic heterocycles. The number of carbonyl (C=O) groups is 1. The number of amides is 1. The predicted molar refractivity (Wildman–Crippen MR) is 115 cm³/mol. The topological polar surface area (TPSA) is 87.4 Å². The predicted octanol–water partition coefficient (Wildman–Crippen LogP) is 2.23. The molecule has 0 spiro atoms. The standard InChI is InChI=1S/C23H26N4O4/c28-22(24-12-17-8-4-10-30-17)19-14-26(13-18-9-5-11-31-18)15-20-21(19)25-27(23(20)29)16-6-2-1-3-7-16/h1-3,6-7,14-15,17-18H,4-5,8-13H2,(H,24,28)/t17-,18+/m1/s1. The van der Waals surface area contributed by atoms with Crippen LogP contribution in [-0.4, -0.2) is 52.2 Å². The number of nitrogens with one attached hydrogen (secondary N) is 1. The fourth-order valence-corrected chi connectivity index (χ4v) is 4.31. The molecule has 2 fully saturated rings. The normalized spacial score (nSPS) is 21.0. The highest BCUT2D eigenvalue weighted by Gasteiger charge is 2.26. The minimum absolute atomic E-state index is 0.0408. The molecular weight excluding hydrogens is 396 g/mol. The zero-order valence-electron chi connectivity index (χ0n) is 17.3. The lowest BCUT2D eigenvalue weighted by Gasteiger charge is -2.16. The van der Waals surface area contributed by atoms with E-state index < -0.39 is 0 Å². The van der Waals surface area contributed by atoms with Crippen molar-refractivity contribution in [3.05, 3.63) is 58.6 Å². The van der Waals surface area contributed by atoms with Crippen LogP contribution in [0.25, 0.3) is 16.9 Å². The number of pyridine rings is 1. The Bertz CT molecular complexity index is 1080. The summed E-state index contributed by atoms with van der Waals surface area (Å²) in [6.07, 6.45) is 7.64. The van der Waals surface area contributed by atoms with Crippen LogP contribution in [0.1, 0.15) is 36.0 Å². The summed E-state index contributed by atoms with van der Waals surface area (Å²) in [7, 11) is 0. The SMILES string of the molecule is O=C(NC[C@H]1CCCO1)c1cn(C[C@@H]2CCCO2)cc2c(=O)n(-c3ccccc3)nc1-2. The van der Waals surface area contributed by atoms with Gasteiger partial charge in [-0.1, -0.05) is 18.2 Å². The number of hydrogen-bond acceptors (Lipinski definition) is 5. The van der Waals surface area contributed by atoms with Crippen LogP contribution in [0.3, 0.4) is 0 Å². The van der Waals surface area contributed by atoms with Gasteiger partial charge >= 0.3 is 0 Å². The van der Waals surface area contributed by atoms with Gasteiger partial charge in [0, 0.05) is 38.7 Å². The molecule has 0 saturated carbocycles. The highest BCUT2D eigenvalue weighted by molar-refractivity contribution is 5.99. The van der Waals surface area contributed by atoms with E-state index in [9.17, 15) is 9.59 Å². The molecule has 4 aliphatic rings. The lowest BCUT2D eigenvalue weighted by molar-refractivity contribution is 0.0854. The second kappa shape index (κ2) is 8.64. The maximum absolute atomic E-state index is 13.2. The third-order valence-electron chi connectivity index (χ3n) is 5.92. The average molecular weight is 422 g/mol. The number of nitrogens with zero attached hydrogens (tertiary/aromatic N) is 3. The van der Waals surface area contributed by atoms with E-state index in [-0.39, 0.29) is 23.7 Å². The zero-order valence-corrected chi connectivity index (χ0v) is 17.3. The number of rotatable bonds is 6. The summed E-state index contributed by atoms with van der Waals surface area (Å²) in [5.74, 6) is -0.250. The van der Waals surface area contributed by atoms with Gasteiger partial charge in [-0.2, -0.15) is 9.78 Å². The van der Waals surface area contributed by atoms with Crippen LogP contribution in [0.15, 0.2) is 47.5 Å². The summed E-state index contributed by atoms with van der Waals surface area (Å²) in [6.45, 7) is 2.53. The van der Waals surface area contributed by atoms with Gasteiger partial charge in [0.2, 0.25) is 0 Å². The molecule has 0 bridgehead atoms. The van der Waals surface area contributed by atoms with Gasteiger partial charge in [-0.25, -0.2) is 0 Å². The molecule has 0 aliphatic carbocycles.